The molecule has 0 heterocycles. The van der Waals surface area contributed by atoms with Crippen LogP contribution >= 0.6 is 12.2 Å². The molecule has 0 spiro atoms. The van der Waals surface area contributed by atoms with Gasteiger partial charge < -0.3 is 15.4 Å². The minimum Gasteiger partial charge on any atom is -0.469 e. The second-order valence-electron chi connectivity index (χ2n) is 4.11. The molecule has 5 heteroatoms. The number of rotatable bonds is 6. The van der Waals surface area contributed by atoms with Gasteiger partial charge in [-0.15, -0.1) is 0 Å². The third kappa shape index (κ3) is 6.20. The highest BCUT2D eigenvalue weighted by Gasteiger charge is 2.01. The first-order valence-electron chi connectivity index (χ1n) is 6.36. The molecule has 1 aromatic carbocycles. The van der Waals surface area contributed by atoms with Gasteiger partial charge in [-0.2, -0.15) is 0 Å². The highest BCUT2D eigenvalue weighted by Crippen LogP contribution is 2.09. The van der Waals surface area contributed by atoms with E-state index in [9.17, 15) is 4.79 Å². The SMILES string of the molecule is CCc1ccc(NC(=S)NCCCC(=O)OC)cc1. The molecule has 1 aromatic rings. The van der Waals surface area contributed by atoms with Crippen LogP contribution in [0.2, 0.25) is 0 Å². The minimum atomic E-state index is -0.198. The summed E-state index contributed by atoms with van der Waals surface area (Å²) in [5.41, 5.74) is 2.25. The Labute approximate surface area is 119 Å². The van der Waals surface area contributed by atoms with Gasteiger partial charge in [0.15, 0.2) is 5.11 Å². The molecule has 0 unspecified atom stereocenters. The number of aryl methyl sites for hydroxylation is 1. The lowest BCUT2D eigenvalue weighted by Crippen LogP contribution is -2.29. The summed E-state index contributed by atoms with van der Waals surface area (Å²) in [7, 11) is 1.39. The Morgan fingerprint density at radius 2 is 2.00 bits per heavy atom. The summed E-state index contributed by atoms with van der Waals surface area (Å²) in [6.07, 6.45) is 2.12. The van der Waals surface area contributed by atoms with E-state index in [1.165, 1.54) is 12.7 Å². The van der Waals surface area contributed by atoms with Crippen LogP contribution in [0.1, 0.15) is 25.3 Å². The Bertz CT molecular complexity index is 418. The fraction of sp³-hybridized carbons (Fsp3) is 0.429. The Morgan fingerprint density at radius 3 is 2.58 bits per heavy atom. The van der Waals surface area contributed by atoms with Crippen LogP contribution in [-0.2, 0) is 16.0 Å². The third-order valence-electron chi connectivity index (χ3n) is 2.69. The summed E-state index contributed by atoms with van der Waals surface area (Å²) in [5, 5.41) is 6.72. The first-order valence-corrected chi connectivity index (χ1v) is 6.77. The number of esters is 1. The van der Waals surface area contributed by atoms with Gasteiger partial charge in [0.1, 0.15) is 0 Å². The summed E-state index contributed by atoms with van der Waals surface area (Å²) >= 11 is 5.17. The van der Waals surface area contributed by atoms with Crippen LogP contribution in [-0.4, -0.2) is 24.7 Å². The van der Waals surface area contributed by atoms with E-state index >= 15 is 0 Å². The maximum Gasteiger partial charge on any atom is 0.305 e. The second-order valence-corrected chi connectivity index (χ2v) is 4.52. The molecule has 0 aliphatic carbocycles. The van der Waals surface area contributed by atoms with Crippen molar-refractivity contribution in [1.29, 1.82) is 0 Å². The summed E-state index contributed by atoms with van der Waals surface area (Å²) in [6.45, 7) is 2.77. The van der Waals surface area contributed by atoms with Crippen molar-refractivity contribution in [2.45, 2.75) is 26.2 Å². The van der Waals surface area contributed by atoms with Crippen LogP contribution in [0.25, 0.3) is 0 Å². The number of hydrogen-bond donors (Lipinski definition) is 2. The van der Waals surface area contributed by atoms with Crippen molar-refractivity contribution < 1.29 is 9.53 Å². The molecule has 0 saturated carbocycles. The maximum absolute atomic E-state index is 10.9. The number of ether oxygens (including phenoxy) is 1. The van der Waals surface area contributed by atoms with Crippen molar-refractivity contribution >= 4 is 29.0 Å². The first kappa shape index (κ1) is 15.4. The number of thiocarbonyl (C=S) groups is 1. The van der Waals surface area contributed by atoms with Crippen molar-refractivity contribution in [2.75, 3.05) is 19.0 Å². The zero-order chi connectivity index (χ0) is 14.1. The highest BCUT2D eigenvalue weighted by molar-refractivity contribution is 7.80. The number of anilines is 1. The van der Waals surface area contributed by atoms with Gasteiger partial charge in [0.05, 0.1) is 7.11 Å². The molecule has 19 heavy (non-hydrogen) atoms. The lowest BCUT2D eigenvalue weighted by molar-refractivity contribution is -0.140. The van der Waals surface area contributed by atoms with Gasteiger partial charge in [-0.3, -0.25) is 4.79 Å². The van der Waals surface area contributed by atoms with Crippen LogP contribution < -0.4 is 10.6 Å². The molecule has 0 aliphatic rings. The molecule has 0 radical (unpaired) electrons. The number of hydrogen-bond acceptors (Lipinski definition) is 3. The predicted molar refractivity (Wildman–Crippen MR) is 81.3 cm³/mol. The highest BCUT2D eigenvalue weighted by atomic mass is 32.1. The lowest BCUT2D eigenvalue weighted by Gasteiger charge is -2.10. The number of methoxy groups -OCH3 is 1. The van der Waals surface area contributed by atoms with Gasteiger partial charge in [-0.1, -0.05) is 19.1 Å². The van der Waals surface area contributed by atoms with E-state index in [1.807, 2.05) is 12.1 Å². The fourth-order valence-electron chi connectivity index (χ4n) is 1.54. The van der Waals surface area contributed by atoms with Gasteiger partial charge in [0.25, 0.3) is 0 Å². The molecule has 0 aliphatic heterocycles. The summed E-state index contributed by atoms with van der Waals surface area (Å²) in [4.78, 5) is 10.9. The largest absolute Gasteiger partial charge is 0.469 e. The van der Waals surface area contributed by atoms with E-state index in [2.05, 4.69) is 34.4 Å². The standard InChI is InChI=1S/C14H20N2O2S/c1-3-11-6-8-12(9-7-11)16-14(19)15-10-4-5-13(17)18-2/h6-9H,3-5,10H2,1-2H3,(H2,15,16,19). The van der Waals surface area contributed by atoms with Crippen LogP contribution in [0.3, 0.4) is 0 Å². The number of benzene rings is 1. The fourth-order valence-corrected chi connectivity index (χ4v) is 1.76. The number of nitrogens with one attached hydrogen (secondary N) is 2. The Balaban J connectivity index is 2.25. The summed E-state index contributed by atoms with van der Waals surface area (Å²) in [6, 6.07) is 8.15. The predicted octanol–water partition coefficient (Wildman–Crippen LogP) is 2.49. The monoisotopic (exact) mass is 280 g/mol. The molecule has 0 saturated heterocycles. The van der Waals surface area contributed by atoms with Gasteiger partial charge in [-0.05, 0) is 42.8 Å². The van der Waals surface area contributed by atoms with Gasteiger partial charge >= 0.3 is 5.97 Å². The molecule has 0 bridgehead atoms. The quantitative estimate of drug-likeness (QED) is 0.476. The normalized spacial score (nSPS) is 9.79. The molecule has 0 amide bonds. The van der Waals surface area contributed by atoms with Crippen molar-refractivity contribution in [3.05, 3.63) is 29.8 Å². The molecule has 0 atom stereocenters. The van der Waals surface area contributed by atoms with E-state index in [0.29, 0.717) is 24.5 Å². The summed E-state index contributed by atoms with van der Waals surface area (Å²) < 4.78 is 4.56. The van der Waals surface area contributed by atoms with Crippen molar-refractivity contribution in [3.63, 3.8) is 0 Å². The van der Waals surface area contributed by atoms with E-state index in [4.69, 9.17) is 12.2 Å². The van der Waals surface area contributed by atoms with E-state index < -0.39 is 0 Å². The van der Waals surface area contributed by atoms with Crippen LogP contribution in [0.5, 0.6) is 0 Å². The third-order valence-corrected chi connectivity index (χ3v) is 2.94. The molecular weight excluding hydrogens is 260 g/mol. The Morgan fingerprint density at radius 1 is 1.32 bits per heavy atom. The molecule has 104 valence electrons. The molecule has 2 N–H and O–H groups in total. The van der Waals surface area contributed by atoms with E-state index in [0.717, 1.165) is 12.1 Å². The Hall–Kier alpha value is -1.62. The zero-order valence-electron chi connectivity index (χ0n) is 11.4. The van der Waals surface area contributed by atoms with Crippen LogP contribution in [0.15, 0.2) is 24.3 Å². The topological polar surface area (TPSA) is 50.4 Å². The smallest absolute Gasteiger partial charge is 0.305 e. The van der Waals surface area contributed by atoms with E-state index in [1.54, 1.807) is 0 Å². The minimum absolute atomic E-state index is 0.198. The molecule has 0 aromatic heterocycles. The lowest BCUT2D eigenvalue weighted by atomic mass is 10.1. The number of carbonyl (C=O) groups is 1. The van der Waals surface area contributed by atoms with Crippen molar-refractivity contribution in [2.24, 2.45) is 0 Å². The molecule has 4 nitrogen and oxygen atoms in total. The maximum atomic E-state index is 10.9. The van der Waals surface area contributed by atoms with Gasteiger partial charge in [0, 0.05) is 18.7 Å². The van der Waals surface area contributed by atoms with Crippen molar-refractivity contribution in [3.8, 4) is 0 Å². The van der Waals surface area contributed by atoms with Crippen LogP contribution in [0, 0.1) is 0 Å². The molecule has 0 fully saturated rings. The molecular formula is C14H20N2O2S. The van der Waals surface area contributed by atoms with Crippen LogP contribution in [0.4, 0.5) is 5.69 Å². The first-order chi connectivity index (χ1) is 9.15. The average Bonchev–Trinajstić information content (AvgIpc) is 2.44. The number of carbonyl (C=O) groups excluding carboxylic acids is 1. The van der Waals surface area contributed by atoms with Gasteiger partial charge in [-0.25, -0.2) is 0 Å². The molecule has 1 rings (SSSR count). The van der Waals surface area contributed by atoms with Crippen molar-refractivity contribution in [1.82, 2.24) is 5.32 Å². The zero-order valence-corrected chi connectivity index (χ0v) is 12.2. The Kier molecular flexibility index (Phi) is 6.89. The second kappa shape index (κ2) is 8.48. The summed E-state index contributed by atoms with van der Waals surface area (Å²) in [5.74, 6) is -0.198. The average molecular weight is 280 g/mol. The van der Waals surface area contributed by atoms with Gasteiger partial charge in [0.2, 0.25) is 0 Å². The van der Waals surface area contributed by atoms with E-state index in [-0.39, 0.29) is 5.97 Å².